The van der Waals surface area contributed by atoms with E-state index >= 15 is 0 Å². The second-order valence-electron chi connectivity index (χ2n) is 5.22. The monoisotopic (exact) mass is 352 g/mol. The van der Waals surface area contributed by atoms with E-state index in [4.69, 9.17) is 10.2 Å². The first-order valence-corrected chi connectivity index (χ1v) is 8.11. The highest BCUT2D eigenvalue weighted by Crippen LogP contribution is 1.69. The molecule has 10 nitrogen and oxygen atoms in total. The summed E-state index contributed by atoms with van der Waals surface area (Å²) >= 11 is 0. The van der Waals surface area contributed by atoms with Crippen LogP contribution in [0.3, 0.4) is 0 Å². The van der Waals surface area contributed by atoms with Crippen LogP contribution in [0.2, 0.25) is 0 Å². The zero-order valence-corrected chi connectivity index (χ0v) is 14.5. The quantitative estimate of drug-likeness (QED) is 0.284. The van der Waals surface area contributed by atoms with Crippen LogP contribution in [0.1, 0.15) is 13.8 Å². The summed E-state index contributed by atoms with van der Waals surface area (Å²) in [6.45, 7) is 12.1. The minimum Gasteiger partial charge on any atom is -0.547 e. The standard InChI is InChI=1S/2C4H10N2.2C3H6O3/c2*1-2-6-4-3-5-1;2*1-2(4)3(5)6/h2*5-6H,1-4H2;2*2,4H,1H3,(H,5,6). The maximum absolute atomic E-state index is 9.34. The lowest BCUT2D eigenvalue weighted by atomic mass is 10.4. The number of quaternary nitrogens is 2. The van der Waals surface area contributed by atoms with E-state index in [1.165, 1.54) is 52.4 Å². The van der Waals surface area contributed by atoms with Gasteiger partial charge in [0.15, 0.2) is 0 Å². The first-order chi connectivity index (χ1) is 11.3. The number of hydrogen-bond donors (Lipinski definition) is 6. The average Bonchev–Trinajstić information content (AvgIpc) is 2.59. The first kappa shape index (κ1) is 24.9. The number of aliphatic hydroxyl groups excluding tert-OH is 2. The van der Waals surface area contributed by atoms with Gasteiger partial charge in [0.2, 0.25) is 0 Å². The van der Waals surface area contributed by atoms with Gasteiger partial charge in [0.25, 0.3) is 0 Å². The van der Waals surface area contributed by atoms with Gasteiger partial charge in [-0.25, -0.2) is 0 Å². The molecule has 0 amide bonds. The third-order valence-electron chi connectivity index (χ3n) is 2.78. The molecular formula is C14H32N4O6. The van der Waals surface area contributed by atoms with Crippen molar-refractivity contribution in [1.29, 1.82) is 0 Å². The van der Waals surface area contributed by atoms with Crippen molar-refractivity contribution in [2.75, 3.05) is 52.4 Å². The van der Waals surface area contributed by atoms with Crippen LogP contribution in [0.25, 0.3) is 0 Å². The maximum Gasteiger partial charge on any atom is 0.0905 e. The number of carboxylic acid groups (broad SMARTS) is 2. The third kappa shape index (κ3) is 23.0. The van der Waals surface area contributed by atoms with E-state index in [0.717, 1.165) is 13.8 Å². The molecule has 2 fully saturated rings. The summed E-state index contributed by atoms with van der Waals surface area (Å²) in [7, 11) is 0. The molecule has 0 aliphatic carbocycles. The molecule has 0 aromatic heterocycles. The largest absolute Gasteiger partial charge is 0.547 e. The fourth-order valence-electron chi connectivity index (χ4n) is 1.36. The SMILES string of the molecule is C1C[NH2+]CCN1.C1C[NH2+]CCN1.CC(O)C(=O)[O-].CC(O)C(=O)[O-]. The summed E-state index contributed by atoms with van der Waals surface area (Å²) in [4.78, 5) is 18.7. The van der Waals surface area contributed by atoms with Crippen LogP contribution < -0.4 is 31.5 Å². The molecule has 2 atom stereocenters. The highest BCUT2D eigenvalue weighted by atomic mass is 16.4. The molecule has 2 rings (SSSR count). The number of rotatable bonds is 2. The Morgan fingerprint density at radius 3 is 1.04 bits per heavy atom. The van der Waals surface area contributed by atoms with E-state index in [2.05, 4.69) is 21.3 Å². The molecule has 8 N–H and O–H groups in total. The van der Waals surface area contributed by atoms with Crippen LogP contribution in [-0.2, 0) is 9.59 Å². The molecule has 0 aromatic carbocycles. The van der Waals surface area contributed by atoms with E-state index < -0.39 is 24.1 Å². The van der Waals surface area contributed by atoms with Gasteiger partial charge in [-0.15, -0.1) is 0 Å². The molecule has 0 bridgehead atoms. The highest BCUT2D eigenvalue weighted by molar-refractivity contribution is 5.69. The number of carbonyl (C=O) groups is 2. The number of nitrogens with one attached hydrogen (secondary N) is 2. The number of carbonyl (C=O) groups excluding carboxylic acids is 2. The Morgan fingerprint density at radius 1 is 0.792 bits per heavy atom. The van der Waals surface area contributed by atoms with Crippen molar-refractivity contribution in [3.05, 3.63) is 0 Å². The molecule has 2 aliphatic rings. The Bertz CT molecular complexity index is 255. The van der Waals surface area contributed by atoms with Gasteiger partial charge >= 0.3 is 0 Å². The van der Waals surface area contributed by atoms with Gasteiger partial charge in [0.05, 0.1) is 50.3 Å². The fourth-order valence-corrected chi connectivity index (χ4v) is 1.36. The highest BCUT2D eigenvalue weighted by Gasteiger charge is 1.96. The van der Waals surface area contributed by atoms with Crippen LogP contribution >= 0.6 is 0 Å². The molecule has 144 valence electrons. The maximum atomic E-state index is 9.34. The number of aliphatic carboxylic acids is 2. The molecule has 0 saturated carbocycles. The summed E-state index contributed by atoms with van der Waals surface area (Å²) in [6.07, 6.45) is -2.69. The molecule has 2 saturated heterocycles. The van der Waals surface area contributed by atoms with E-state index in [1.54, 1.807) is 0 Å². The van der Waals surface area contributed by atoms with Crippen molar-refractivity contribution in [2.45, 2.75) is 26.1 Å². The summed E-state index contributed by atoms with van der Waals surface area (Å²) in [6, 6.07) is 0. The molecule has 2 aliphatic heterocycles. The predicted octanol–water partition coefficient (Wildman–Crippen LogP) is -7.46. The zero-order valence-electron chi connectivity index (χ0n) is 14.5. The Hall–Kier alpha value is -1.30. The number of aliphatic hydroxyl groups is 2. The molecule has 24 heavy (non-hydrogen) atoms. The summed E-state index contributed by atoms with van der Waals surface area (Å²) < 4.78 is 0. The van der Waals surface area contributed by atoms with E-state index in [9.17, 15) is 19.8 Å². The van der Waals surface area contributed by atoms with E-state index in [1.807, 2.05) is 0 Å². The van der Waals surface area contributed by atoms with Crippen molar-refractivity contribution >= 4 is 11.9 Å². The molecule has 0 radical (unpaired) electrons. The summed E-state index contributed by atoms with van der Waals surface area (Å²) in [5, 5.41) is 45.8. The summed E-state index contributed by atoms with van der Waals surface area (Å²) in [5.74, 6) is -2.87. The van der Waals surface area contributed by atoms with Crippen LogP contribution in [-0.4, -0.2) is 86.7 Å². The Kier molecular flexibility index (Phi) is 18.8. The van der Waals surface area contributed by atoms with Gasteiger partial charge in [-0.1, -0.05) is 0 Å². The van der Waals surface area contributed by atoms with Crippen LogP contribution in [0.15, 0.2) is 0 Å². The second kappa shape index (κ2) is 18.0. The zero-order chi connectivity index (χ0) is 18.8. The average molecular weight is 352 g/mol. The second-order valence-corrected chi connectivity index (χ2v) is 5.22. The molecule has 2 heterocycles. The molecule has 0 aromatic rings. The topological polar surface area (TPSA) is 178 Å². The van der Waals surface area contributed by atoms with Gasteiger partial charge in [-0.05, 0) is 13.8 Å². The fraction of sp³-hybridized carbons (Fsp3) is 0.857. The van der Waals surface area contributed by atoms with Gasteiger partial charge in [0, 0.05) is 26.2 Å². The van der Waals surface area contributed by atoms with Crippen molar-refractivity contribution < 1.29 is 40.6 Å². The smallest absolute Gasteiger partial charge is 0.0905 e. The molecular weight excluding hydrogens is 320 g/mol. The summed E-state index contributed by atoms with van der Waals surface area (Å²) in [5.41, 5.74) is 0. The Balaban J connectivity index is 0. The number of carboxylic acids is 2. The molecule has 2 unspecified atom stereocenters. The number of piperazine rings is 2. The van der Waals surface area contributed by atoms with Crippen molar-refractivity contribution in [2.24, 2.45) is 0 Å². The van der Waals surface area contributed by atoms with Crippen molar-refractivity contribution in [1.82, 2.24) is 10.6 Å². The van der Waals surface area contributed by atoms with Crippen LogP contribution in [0.4, 0.5) is 0 Å². The van der Waals surface area contributed by atoms with Gasteiger partial charge in [-0.2, -0.15) is 0 Å². The number of hydrogen-bond acceptors (Lipinski definition) is 8. The Morgan fingerprint density at radius 2 is 1.00 bits per heavy atom. The first-order valence-electron chi connectivity index (χ1n) is 8.11. The lowest BCUT2D eigenvalue weighted by molar-refractivity contribution is -0.657. The van der Waals surface area contributed by atoms with Crippen molar-refractivity contribution in [3.63, 3.8) is 0 Å². The molecule has 10 heteroatoms. The van der Waals surface area contributed by atoms with Crippen LogP contribution in [0, 0.1) is 0 Å². The normalized spacial score (nSPS) is 18.8. The Labute approximate surface area is 142 Å². The lowest BCUT2D eigenvalue weighted by Crippen LogP contribution is -2.89. The van der Waals surface area contributed by atoms with Gasteiger partial charge in [-0.3, -0.25) is 0 Å². The van der Waals surface area contributed by atoms with Gasteiger partial charge < -0.3 is 51.3 Å². The lowest BCUT2D eigenvalue weighted by Gasteiger charge is -2.07. The van der Waals surface area contributed by atoms with Crippen LogP contribution in [0.5, 0.6) is 0 Å². The van der Waals surface area contributed by atoms with Gasteiger partial charge in [0.1, 0.15) is 0 Å². The van der Waals surface area contributed by atoms with E-state index in [0.29, 0.717) is 0 Å². The minimum absolute atomic E-state index is 1.13. The minimum atomic E-state index is -1.44. The number of nitrogens with two attached hydrogens (primary N) is 2. The third-order valence-corrected chi connectivity index (χ3v) is 2.78. The molecule has 0 spiro atoms. The van der Waals surface area contributed by atoms with E-state index in [-0.39, 0.29) is 0 Å². The predicted molar refractivity (Wildman–Crippen MR) is 82.4 cm³/mol. The van der Waals surface area contributed by atoms with Crippen molar-refractivity contribution in [3.8, 4) is 0 Å².